The number of aromatic hydroxyl groups is 1. The van der Waals surface area contributed by atoms with Gasteiger partial charge in [-0.3, -0.25) is 19.8 Å². The lowest BCUT2D eigenvalue weighted by Gasteiger charge is -2.20. The largest absolute Gasteiger partial charge is 0.506 e. The van der Waals surface area contributed by atoms with Crippen LogP contribution >= 0.6 is 11.6 Å². The fourth-order valence-electron chi connectivity index (χ4n) is 6.75. The van der Waals surface area contributed by atoms with Crippen molar-refractivity contribution in [1.82, 2.24) is 4.72 Å². The molecule has 4 aromatic carbocycles. The molecule has 0 saturated heterocycles. The van der Waals surface area contributed by atoms with Crippen LogP contribution in [0.3, 0.4) is 0 Å². The highest BCUT2D eigenvalue weighted by molar-refractivity contribution is 7.89. The second kappa shape index (κ2) is 22.4. The standard InChI is InChI=1S/C44H57ClN4O8S/c1-5-6-7-8-9-10-11-12-13-14-15-16-17-18-28-46-58(55,56)33-23-26-37(45)38(30-33)47-43(51)36-25-24-34-35(42(36)50)20-19-21-39(34)48(4)44(52)57-41-27-22-32(31(2)3)29-40(41)49(53)54/h19-27,29-31,46,50H,5-18,28H2,1-4H3,(H,47,51). The van der Waals surface area contributed by atoms with Gasteiger partial charge < -0.3 is 15.2 Å². The Balaban J connectivity index is 1.33. The fourth-order valence-corrected chi connectivity index (χ4v) is 8.02. The SMILES string of the molecule is CCCCCCCCCCCCCCCCNS(=O)(=O)c1ccc(Cl)c(NC(=O)c2ccc3c(N(C)C(=O)Oc4ccc(C(C)C)cc4[N+](=O)[O-])cccc3c2O)c1. The van der Waals surface area contributed by atoms with Gasteiger partial charge in [0.05, 0.1) is 31.8 Å². The number of hydrogen-bond donors (Lipinski definition) is 3. The van der Waals surface area contributed by atoms with Crippen LogP contribution in [0.1, 0.15) is 133 Å². The van der Waals surface area contributed by atoms with Crippen LogP contribution in [-0.4, -0.2) is 44.0 Å². The number of benzene rings is 4. The zero-order valence-electron chi connectivity index (χ0n) is 34.0. The molecule has 0 aliphatic rings. The summed E-state index contributed by atoms with van der Waals surface area (Å²) in [6.45, 7) is 6.31. The second-order valence-electron chi connectivity index (χ2n) is 15.0. The lowest BCUT2D eigenvalue weighted by molar-refractivity contribution is -0.385. The van der Waals surface area contributed by atoms with Crippen LogP contribution in [0, 0.1) is 10.1 Å². The Morgan fingerprint density at radius 2 is 1.47 bits per heavy atom. The molecular formula is C44H57ClN4O8S. The van der Waals surface area contributed by atoms with E-state index in [1.54, 1.807) is 24.3 Å². The number of rotatable bonds is 23. The molecule has 14 heteroatoms. The van der Waals surface area contributed by atoms with E-state index in [2.05, 4.69) is 17.0 Å². The molecule has 0 fully saturated rings. The van der Waals surface area contributed by atoms with E-state index in [9.17, 15) is 33.2 Å². The predicted octanol–water partition coefficient (Wildman–Crippen LogP) is 11.9. The van der Waals surface area contributed by atoms with Gasteiger partial charge >= 0.3 is 11.8 Å². The number of carbonyl (C=O) groups excluding carboxylic acids is 2. The summed E-state index contributed by atoms with van der Waals surface area (Å²) in [5.41, 5.74) is 0.577. The lowest BCUT2D eigenvalue weighted by atomic mass is 10.0. The Morgan fingerprint density at radius 3 is 2.07 bits per heavy atom. The summed E-state index contributed by atoms with van der Waals surface area (Å²) in [5.74, 6) is -1.34. The molecule has 0 radical (unpaired) electrons. The molecule has 0 spiro atoms. The quantitative estimate of drug-likeness (QED) is 0.0377. The van der Waals surface area contributed by atoms with Gasteiger partial charge in [-0.25, -0.2) is 17.9 Å². The highest BCUT2D eigenvalue weighted by atomic mass is 35.5. The average molecular weight is 837 g/mol. The van der Waals surface area contributed by atoms with Crippen LogP contribution in [0.4, 0.5) is 21.9 Å². The summed E-state index contributed by atoms with van der Waals surface area (Å²) in [4.78, 5) is 38.9. The number of nitrogens with zero attached hydrogens (tertiary/aromatic N) is 2. The van der Waals surface area contributed by atoms with Gasteiger partial charge in [0.15, 0.2) is 0 Å². The highest BCUT2D eigenvalue weighted by Crippen LogP contribution is 2.37. The van der Waals surface area contributed by atoms with E-state index in [1.807, 2.05) is 13.8 Å². The fraction of sp³-hybridized carbons (Fsp3) is 0.455. The summed E-state index contributed by atoms with van der Waals surface area (Å²) in [6.07, 6.45) is 16.0. The van der Waals surface area contributed by atoms with Gasteiger partial charge in [0.25, 0.3) is 5.91 Å². The van der Waals surface area contributed by atoms with E-state index >= 15 is 0 Å². The topological polar surface area (TPSA) is 168 Å². The number of fused-ring (bicyclic) bond motifs is 1. The first-order valence-electron chi connectivity index (χ1n) is 20.3. The molecule has 0 bridgehead atoms. The van der Waals surface area contributed by atoms with Crippen LogP contribution < -0.4 is 19.7 Å². The molecular weight excluding hydrogens is 780 g/mol. The molecule has 4 rings (SSSR count). The number of nitro groups is 1. The lowest BCUT2D eigenvalue weighted by Crippen LogP contribution is -2.29. The van der Waals surface area contributed by atoms with Gasteiger partial charge in [-0.1, -0.05) is 140 Å². The van der Waals surface area contributed by atoms with Gasteiger partial charge in [-0.05, 0) is 54.3 Å². The number of hydrogen-bond acceptors (Lipinski definition) is 8. The second-order valence-corrected chi connectivity index (χ2v) is 17.2. The highest BCUT2D eigenvalue weighted by Gasteiger charge is 2.25. The summed E-state index contributed by atoms with van der Waals surface area (Å²) in [5, 5.41) is 26.3. The van der Waals surface area contributed by atoms with Crippen molar-refractivity contribution in [2.75, 3.05) is 23.8 Å². The number of sulfonamides is 1. The van der Waals surface area contributed by atoms with Gasteiger partial charge in [0.1, 0.15) is 5.75 Å². The number of halogens is 1. The molecule has 2 amide bonds. The minimum absolute atomic E-state index is 0.0236. The van der Waals surface area contributed by atoms with E-state index in [0.717, 1.165) is 24.2 Å². The third-order valence-corrected chi connectivity index (χ3v) is 12.0. The number of unbranched alkanes of at least 4 members (excludes halogenated alkanes) is 13. The van der Waals surface area contributed by atoms with Crippen LogP contribution in [0.5, 0.6) is 11.5 Å². The molecule has 0 heterocycles. The van der Waals surface area contributed by atoms with E-state index in [-0.39, 0.29) is 50.5 Å². The maximum absolute atomic E-state index is 13.5. The van der Waals surface area contributed by atoms with Crippen molar-refractivity contribution in [3.8, 4) is 11.5 Å². The third kappa shape index (κ3) is 12.9. The number of phenolic OH excluding ortho intramolecular Hbond substituents is 1. The minimum Gasteiger partial charge on any atom is -0.506 e. The van der Waals surface area contributed by atoms with Crippen LogP contribution in [0.25, 0.3) is 10.8 Å². The van der Waals surface area contributed by atoms with Gasteiger partial charge in [0, 0.05) is 30.4 Å². The van der Waals surface area contributed by atoms with Crippen LogP contribution in [0.2, 0.25) is 5.02 Å². The van der Waals surface area contributed by atoms with Crippen molar-refractivity contribution in [2.45, 2.75) is 121 Å². The molecule has 58 heavy (non-hydrogen) atoms. The molecule has 0 atom stereocenters. The van der Waals surface area contributed by atoms with Crippen molar-refractivity contribution >= 4 is 61.5 Å². The van der Waals surface area contributed by atoms with E-state index in [0.29, 0.717) is 23.1 Å². The smallest absolute Gasteiger partial charge is 0.419 e. The number of phenols is 1. The monoisotopic (exact) mass is 836 g/mol. The number of nitrogens with one attached hydrogen (secondary N) is 2. The van der Waals surface area contributed by atoms with Crippen molar-refractivity contribution in [1.29, 1.82) is 0 Å². The molecule has 0 unspecified atom stereocenters. The Kier molecular flexibility index (Phi) is 17.8. The maximum atomic E-state index is 13.5. The first-order chi connectivity index (χ1) is 27.7. The Hall–Kier alpha value is -4.72. The van der Waals surface area contributed by atoms with E-state index in [4.69, 9.17) is 16.3 Å². The molecule has 12 nitrogen and oxygen atoms in total. The normalized spacial score (nSPS) is 11.6. The number of amides is 2. The van der Waals surface area contributed by atoms with Crippen molar-refractivity contribution in [3.05, 3.63) is 93.0 Å². The first-order valence-corrected chi connectivity index (χ1v) is 22.2. The van der Waals surface area contributed by atoms with Gasteiger partial charge in [0.2, 0.25) is 15.8 Å². The Morgan fingerprint density at radius 1 is 0.845 bits per heavy atom. The number of ether oxygens (including phenoxy) is 1. The van der Waals surface area contributed by atoms with Gasteiger partial charge in [-0.2, -0.15) is 0 Å². The zero-order chi connectivity index (χ0) is 42.2. The maximum Gasteiger partial charge on any atom is 0.419 e. The minimum atomic E-state index is -3.89. The van der Waals surface area contributed by atoms with Crippen LogP contribution in [-0.2, 0) is 10.0 Å². The molecule has 0 aromatic heterocycles. The molecule has 3 N–H and O–H groups in total. The van der Waals surface area contributed by atoms with Crippen molar-refractivity contribution in [2.24, 2.45) is 0 Å². The number of carbonyl (C=O) groups is 2. The average Bonchev–Trinajstić information content (AvgIpc) is 3.19. The molecule has 0 aliphatic carbocycles. The third-order valence-electron chi connectivity index (χ3n) is 10.3. The summed E-state index contributed by atoms with van der Waals surface area (Å²) in [7, 11) is -2.47. The van der Waals surface area contributed by atoms with E-state index in [1.165, 1.54) is 114 Å². The summed E-state index contributed by atoms with van der Waals surface area (Å²) >= 11 is 6.37. The molecule has 0 aliphatic heterocycles. The number of anilines is 2. The van der Waals surface area contributed by atoms with Crippen molar-refractivity contribution < 1.29 is 32.8 Å². The molecule has 0 saturated carbocycles. The predicted molar refractivity (Wildman–Crippen MR) is 232 cm³/mol. The van der Waals surface area contributed by atoms with Crippen LogP contribution in [0.15, 0.2) is 71.6 Å². The molecule has 314 valence electrons. The van der Waals surface area contributed by atoms with Gasteiger partial charge in [-0.15, -0.1) is 0 Å². The van der Waals surface area contributed by atoms with E-state index < -0.39 is 32.7 Å². The Bertz CT molecular complexity index is 2140. The summed E-state index contributed by atoms with van der Waals surface area (Å²) in [6, 6.07) is 16.0. The Labute approximate surface area is 347 Å². The molecule has 4 aromatic rings. The summed E-state index contributed by atoms with van der Waals surface area (Å²) < 4.78 is 34.3. The van der Waals surface area contributed by atoms with Crippen molar-refractivity contribution in [3.63, 3.8) is 0 Å². The first kappa shape index (κ1) is 46.0. The zero-order valence-corrected chi connectivity index (χ0v) is 35.6. The number of nitro benzene ring substituents is 1.